The molecule has 3 aliphatic heterocycles. The van der Waals surface area contributed by atoms with Crippen LogP contribution in [0.5, 0.6) is 0 Å². The molecule has 0 unspecified atom stereocenters. The van der Waals surface area contributed by atoms with Gasteiger partial charge >= 0.3 is 0 Å². The summed E-state index contributed by atoms with van der Waals surface area (Å²) in [6.45, 7) is 6.08. The van der Waals surface area contributed by atoms with Crippen molar-refractivity contribution in [3.63, 3.8) is 0 Å². The van der Waals surface area contributed by atoms with Gasteiger partial charge in [0.2, 0.25) is 11.8 Å². The summed E-state index contributed by atoms with van der Waals surface area (Å²) in [5.74, 6) is -1.03. The largest absolute Gasteiger partial charge is 0.432 e. The lowest BCUT2D eigenvalue weighted by Crippen LogP contribution is -2.48. The molecule has 1 aromatic heterocycles. The molecular formula is C43H45BrN4O6Si. The first-order valence-corrected chi connectivity index (χ1v) is 22.6. The average Bonchev–Trinajstić information content (AvgIpc) is 3.77. The predicted octanol–water partition coefficient (Wildman–Crippen LogP) is 6.79. The fourth-order valence-electron chi connectivity index (χ4n) is 9.32. The molecule has 4 heterocycles. The molecule has 8 rings (SSSR count). The van der Waals surface area contributed by atoms with Crippen molar-refractivity contribution < 1.29 is 29.0 Å². The SMILES string of the molecule is C[C@@H]1[C@@H]([Si](C)(C)O)[C@H](CC(=O)N2Cc3ccccc3C[C@H]2CO)O[C@@]12C(=O)N(Cc1cccc(NC(=O)Cc3c[nH]c4ccccc34)c1)c1ccc(Br)cc12. The summed E-state index contributed by atoms with van der Waals surface area (Å²) >= 11 is 3.63. The van der Waals surface area contributed by atoms with Gasteiger partial charge in [-0.1, -0.05) is 77.5 Å². The number of anilines is 2. The number of nitrogens with one attached hydrogen (secondary N) is 2. The summed E-state index contributed by atoms with van der Waals surface area (Å²) in [5.41, 5.74) is 5.02. The van der Waals surface area contributed by atoms with E-state index in [1.807, 2.05) is 117 Å². The standard InChI is InChI=1S/C43H45BrN4O6Si/c1-26-41(55(2,3)53)38(21-40(51)47-24-29-11-5-4-10-28(29)18-33(47)25-49)54-43(26)35-20-31(44)15-16-37(35)48(42(43)52)23-27-9-8-12-32(17-27)46-39(50)19-30-22-45-36-14-7-6-13-34(30)36/h4-17,20,22,26,33,38,41,45,49,53H,18-19,21,23-25H2,1-3H3,(H,46,50)/t26-,33+,38+,41-,43+/m1/s1. The Morgan fingerprint density at radius 2 is 1.78 bits per heavy atom. The Balaban J connectivity index is 1.05. The summed E-state index contributed by atoms with van der Waals surface area (Å²) < 4.78 is 7.76. The van der Waals surface area contributed by atoms with E-state index in [1.165, 1.54) is 0 Å². The summed E-state index contributed by atoms with van der Waals surface area (Å²) in [5, 5.41) is 14.4. The van der Waals surface area contributed by atoms with Gasteiger partial charge in [0.25, 0.3) is 5.91 Å². The number of carbonyl (C=O) groups is 3. The van der Waals surface area contributed by atoms with E-state index >= 15 is 4.79 Å². The number of H-pyrrole nitrogens is 1. The van der Waals surface area contributed by atoms with E-state index in [1.54, 1.807) is 9.80 Å². The van der Waals surface area contributed by atoms with Crippen molar-refractivity contribution in [1.29, 1.82) is 0 Å². The quantitative estimate of drug-likeness (QED) is 0.121. The fraction of sp³-hybridized carbons (Fsp3) is 0.326. The van der Waals surface area contributed by atoms with Crippen LogP contribution in [0.1, 0.15) is 41.2 Å². The predicted molar refractivity (Wildman–Crippen MR) is 218 cm³/mol. The van der Waals surface area contributed by atoms with Crippen LogP contribution in [0.25, 0.3) is 10.9 Å². The monoisotopic (exact) mass is 820 g/mol. The number of halogens is 1. The van der Waals surface area contributed by atoms with Gasteiger partial charge in [-0.05, 0) is 78.2 Å². The molecule has 3 amide bonds. The minimum Gasteiger partial charge on any atom is -0.432 e. The van der Waals surface area contributed by atoms with Gasteiger partial charge in [0.15, 0.2) is 13.9 Å². The number of nitrogens with zero attached hydrogens (tertiary/aromatic N) is 2. The van der Waals surface area contributed by atoms with Crippen LogP contribution in [0.4, 0.5) is 11.4 Å². The van der Waals surface area contributed by atoms with E-state index in [4.69, 9.17) is 4.74 Å². The number of carbonyl (C=O) groups excluding carboxylic acids is 3. The second-order valence-electron chi connectivity index (χ2n) is 15.7. The molecular weight excluding hydrogens is 776 g/mol. The Morgan fingerprint density at radius 3 is 2.56 bits per heavy atom. The molecule has 12 heteroatoms. The minimum atomic E-state index is -3.04. The van der Waals surface area contributed by atoms with E-state index in [0.717, 1.165) is 37.6 Å². The first kappa shape index (κ1) is 37.3. The third-order valence-electron chi connectivity index (χ3n) is 11.8. The second-order valence-corrected chi connectivity index (χ2v) is 20.6. The highest BCUT2D eigenvalue weighted by Crippen LogP contribution is 2.60. The molecule has 4 N–H and O–H groups in total. The fourth-order valence-corrected chi connectivity index (χ4v) is 12.2. The van der Waals surface area contributed by atoms with Gasteiger partial charge in [-0.25, -0.2) is 0 Å². The molecule has 5 atom stereocenters. The number of fused-ring (bicyclic) bond motifs is 4. The molecule has 0 radical (unpaired) electrons. The van der Waals surface area contributed by atoms with Crippen LogP contribution >= 0.6 is 15.9 Å². The number of aliphatic hydroxyl groups is 1. The first-order valence-electron chi connectivity index (χ1n) is 18.8. The number of para-hydroxylation sites is 1. The Bertz CT molecular complexity index is 2310. The number of benzene rings is 4. The van der Waals surface area contributed by atoms with Crippen molar-refractivity contribution >= 4 is 64.2 Å². The van der Waals surface area contributed by atoms with Crippen LogP contribution in [0, 0.1) is 5.92 Å². The number of ether oxygens (including phenoxy) is 1. The summed E-state index contributed by atoms with van der Waals surface area (Å²) in [4.78, 5) is 60.9. The average molecular weight is 822 g/mol. The van der Waals surface area contributed by atoms with Crippen LogP contribution in [0.3, 0.4) is 0 Å². The normalized spacial score (nSPS) is 23.3. The molecule has 0 bridgehead atoms. The van der Waals surface area contributed by atoms with Gasteiger partial charge in [0.05, 0.1) is 43.8 Å². The number of aliphatic hydroxyl groups excluding tert-OH is 1. The van der Waals surface area contributed by atoms with Crippen molar-refractivity contribution in [2.24, 2.45) is 5.92 Å². The van der Waals surface area contributed by atoms with E-state index < -0.39 is 31.5 Å². The Morgan fingerprint density at radius 1 is 1.02 bits per heavy atom. The lowest BCUT2D eigenvalue weighted by molar-refractivity contribution is -0.151. The summed E-state index contributed by atoms with van der Waals surface area (Å²) in [6, 6.07) is 28.7. The molecule has 5 aromatic rings. The number of rotatable bonds is 9. The molecule has 1 fully saturated rings. The lowest BCUT2D eigenvalue weighted by atomic mass is 9.82. The van der Waals surface area contributed by atoms with Gasteiger partial charge in [0.1, 0.15) is 0 Å². The van der Waals surface area contributed by atoms with Gasteiger partial charge in [-0.3, -0.25) is 14.4 Å². The van der Waals surface area contributed by atoms with E-state index in [2.05, 4.69) is 26.2 Å². The second kappa shape index (κ2) is 14.5. The maximum Gasteiger partial charge on any atom is 0.264 e. The highest BCUT2D eigenvalue weighted by molar-refractivity contribution is 9.10. The smallest absolute Gasteiger partial charge is 0.264 e. The third-order valence-corrected chi connectivity index (χ3v) is 14.8. The van der Waals surface area contributed by atoms with E-state index in [0.29, 0.717) is 29.9 Å². The Labute approximate surface area is 329 Å². The molecule has 10 nitrogen and oxygen atoms in total. The zero-order valence-corrected chi connectivity index (χ0v) is 33.7. The van der Waals surface area contributed by atoms with Crippen LogP contribution in [-0.4, -0.2) is 64.6 Å². The summed E-state index contributed by atoms with van der Waals surface area (Å²) in [6.07, 6.45) is 1.87. The number of hydrogen-bond acceptors (Lipinski definition) is 6. The lowest BCUT2D eigenvalue weighted by Gasteiger charge is -2.37. The number of aromatic amines is 1. The van der Waals surface area contributed by atoms with Crippen molar-refractivity contribution in [3.8, 4) is 0 Å². The number of amides is 3. The zero-order chi connectivity index (χ0) is 38.6. The van der Waals surface area contributed by atoms with Crippen molar-refractivity contribution in [2.75, 3.05) is 16.8 Å². The van der Waals surface area contributed by atoms with E-state index in [9.17, 15) is 19.5 Å². The highest BCUT2D eigenvalue weighted by atomic mass is 79.9. The van der Waals surface area contributed by atoms with Crippen molar-refractivity contribution in [2.45, 2.75) is 75.7 Å². The van der Waals surface area contributed by atoms with Gasteiger partial charge in [-0.2, -0.15) is 0 Å². The van der Waals surface area contributed by atoms with Crippen LogP contribution in [0.15, 0.2) is 102 Å². The van der Waals surface area contributed by atoms with Crippen LogP contribution in [-0.2, 0) is 50.7 Å². The minimum absolute atomic E-state index is 0.0245. The Hall–Kier alpha value is -4.59. The molecule has 55 heavy (non-hydrogen) atoms. The maximum atomic E-state index is 15.0. The van der Waals surface area contributed by atoms with Crippen LogP contribution in [0.2, 0.25) is 18.6 Å². The maximum absolute atomic E-state index is 15.0. The molecule has 1 saturated heterocycles. The van der Waals surface area contributed by atoms with Gasteiger partial charge in [-0.15, -0.1) is 0 Å². The summed E-state index contributed by atoms with van der Waals surface area (Å²) in [7, 11) is -3.04. The van der Waals surface area contributed by atoms with Crippen LogP contribution < -0.4 is 10.2 Å². The topological polar surface area (TPSA) is 135 Å². The zero-order valence-electron chi connectivity index (χ0n) is 31.1. The molecule has 4 aromatic carbocycles. The molecule has 1 spiro atoms. The molecule has 284 valence electrons. The van der Waals surface area contributed by atoms with E-state index in [-0.39, 0.29) is 49.8 Å². The Kier molecular flexibility index (Phi) is 9.83. The van der Waals surface area contributed by atoms with Crippen molar-refractivity contribution in [1.82, 2.24) is 9.88 Å². The van der Waals surface area contributed by atoms with Crippen molar-refractivity contribution in [3.05, 3.63) is 129 Å². The molecule has 3 aliphatic rings. The molecule has 0 saturated carbocycles. The highest BCUT2D eigenvalue weighted by Gasteiger charge is 2.66. The third kappa shape index (κ3) is 6.73. The number of aromatic nitrogens is 1. The molecule has 0 aliphatic carbocycles. The number of hydrogen-bond donors (Lipinski definition) is 4. The van der Waals surface area contributed by atoms with Gasteiger partial charge < -0.3 is 34.7 Å². The first-order chi connectivity index (χ1) is 26.4. The van der Waals surface area contributed by atoms with Gasteiger partial charge in [0, 0.05) is 50.8 Å².